The van der Waals surface area contributed by atoms with Gasteiger partial charge in [-0.05, 0) is 13.8 Å². The van der Waals surface area contributed by atoms with Crippen LogP contribution in [0.25, 0.3) is 0 Å². The number of hydrogen-bond donors (Lipinski definition) is 2. The van der Waals surface area contributed by atoms with E-state index in [0.717, 1.165) is 9.88 Å². The van der Waals surface area contributed by atoms with Gasteiger partial charge in [-0.1, -0.05) is 0 Å². The summed E-state index contributed by atoms with van der Waals surface area (Å²) < 4.78 is 0. The van der Waals surface area contributed by atoms with Crippen molar-refractivity contribution in [2.75, 3.05) is 6.54 Å². The fourth-order valence-corrected chi connectivity index (χ4v) is 1.71. The van der Waals surface area contributed by atoms with Gasteiger partial charge in [0.25, 0.3) is 0 Å². The molecule has 1 aromatic heterocycles. The zero-order valence-corrected chi connectivity index (χ0v) is 8.52. The average Bonchev–Trinajstić information content (AvgIpc) is 2.51. The maximum atomic E-state index is 10.9. The maximum absolute atomic E-state index is 10.9. The standard InChI is InChI=1S/C8H13N3OS/c1-5-4-10-8(13-5)6(2)11-7(12)3-9/h4,6H,3,9H2,1-2H3,(H,11,12). The predicted molar refractivity (Wildman–Crippen MR) is 52.5 cm³/mol. The van der Waals surface area contributed by atoms with Crippen LogP contribution in [0, 0.1) is 6.92 Å². The third-order valence-electron chi connectivity index (χ3n) is 1.57. The lowest BCUT2D eigenvalue weighted by Crippen LogP contribution is -2.32. The van der Waals surface area contributed by atoms with Gasteiger partial charge in [0.1, 0.15) is 5.01 Å². The van der Waals surface area contributed by atoms with E-state index in [1.54, 1.807) is 17.5 Å². The number of rotatable bonds is 3. The Morgan fingerprint density at radius 2 is 2.54 bits per heavy atom. The molecule has 13 heavy (non-hydrogen) atoms. The Morgan fingerprint density at radius 1 is 1.85 bits per heavy atom. The van der Waals surface area contributed by atoms with Crippen molar-refractivity contribution in [2.45, 2.75) is 19.9 Å². The van der Waals surface area contributed by atoms with Crippen molar-refractivity contribution in [3.05, 3.63) is 16.1 Å². The molecule has 1 unspecified atom stereocenters. The number of carbonyl (C=O) groups is 1. The number of amides is 1. The summed E-state index contributed by atoms with van der Waals surface area (Å²) in [5.74, 6) is -0.152. The number of hydrogen-bond acceptors (Lipinski definition) is 4. The molecule has 1 aromatic rings. The lowest BCUT2D eigenvalue weighted by molar-refractivity contribution is -0.120. The SMILES string of the molecule is Cc1cnc(C(C)NC(=O)CN)s1. The van der Waals surface area contributed by atoms with Crippen LogP contribution >= 0.6 is 11.3 Å². The third-order valence-corrected chi connectivity index (χ3v) is 2.67. The summed E-state index contributed by atoms with van der Waals surface area (Å²) in [4.78, 5) is 16.3. The van der Waals surface area contributed by atoms with Crippen LogP contribution in [0.2, 0.25) is 0 Å². The molecule has 0 bridgehead atoms. The Hall–Kier alpha value is -0.940. The topological polar surface area (TPSA) is 68.0 Å². The number of aromatic nitrogens is 1. The minimum absolute atomic E-state index is 0.0225. The summed E-state index contributed by atoms with van der Waals surface area (Å²) in [5, 5.41) is 3.66. The summed E-state index contributed by atoms with van der Waals surface area (Å²) in [5.41, 5.74) is 5.17. The van der Waals surface area contributed by atoms with Gasteiger partial charge in [0.15, 0.2) is 0 Å². The van der Waals surface area contributed by atoms with Gasteiger partial charge in [-0.15, -0.1) is 11.3 Å². The predicted octanol–water partition coefficient (Wildman–Crippen LogP) is 0.587. The second-order valence-electron chi connectivity index (χ2n) is 2.80. The monoisotopic (exact) mass is 199 g/mol. The van der Waals surface area contributed by atoms with E-state index in [-0.39, 0.29) is 18.5 Å². The Morgan fingerprint density at radius 3 is 3.00 bits per heavy atom. The Balaban J connectivity index is 2.58. The van der Waals surface area contributed by atoms with E-state index in [1.807, 2.05) is 13.8 Å². The lowest BCUT2D eigenvalue weighted by atomic mass is 10.3. The summed E-state index contributed by atoms with van der Waals surface area (Å²) in [7, 11) is 0. The van der Waals surface area contributed by atoms with Gasteiger partial charge in [-0.3, -0.25) is 4.79 Å². The highest BCUT2D eigenvalue weighted by molar-refractivity contribution is 7.11. The number of nitrogens with zero attached hydrogens (tertiary/aromatic N) is 1. The molecule has 1 heterocycles. The second-order valence-corrected chi connectivity index (χ2v) is 4.07. The molecule has 1 rings (SSSR count). The van der Waals surface area contributed by atoms with E-state index < -0.39 is 0 Å². The fourth-order valence-electron chi connectivity index (χ4n) is 0.935. The van der Waals surface area contributed by atoms with Gasteiger partial charge >= 0.3 is 0 Å². The third kappa shape index (κ3) is 2.78. The molecule has 0 radical (unpaired) electrons. The summed E-state index contributed by atoms with van der Waals surface area (Å²) >= 11 is 1.58. The zero-order valence-electron chi connectivity index (χ0n) is 7.70. The molecule has 72 valence electrons. The van der Waals surface area contributed by atoms with Crippen molar-refractivity contribution in [3.8, 4) is 0 Å². The second kappa shape index (κ2) is 4.34. The molecule has 1 amide bonds. The highest BCUT2D eigenvalue weighted by Gasteiger charge is 2.10. The zero-order chi connectivity index (χ0) is 9.84. The Bertz CT molecular complexity index is 297. The van der Waals surface area contributed by atoms with Gasteiger partial charge in [-0.2, -0.15) is 0 Å². The summed E-state index contributed by atoms with van der Waals surface area (Å²) in [6.07, 6.45) is 1.80. The molecule has 4 nitrogen and oxygen atoms in total. The van der Waals surface area contributed by atoms with Gasteiger partial charge in [0, 0.05) is 11.1 Å². The van der Waals surface area contributed by atoms with Gasteiger partial charge in [0.2, 0.25) is 5.91 Å². The van der Waals surface area contributed by atoms with E-state index in [4.69, 9.17) is 5.73 Å². The molecule has 1 atom stereocenters. The molecule has 0 aromatic carbocycles. The van der Waals surface area contributed by atoms with Crippen LogP contribution < -0.4 is 11.1 Å². The number of nitrogens with one attached hydrogen (secondary N) is 1. The maximum Gasteiger partial charge on any atom is 0.234 e. The van der Waals surface area contributed by atoms with E-state index in [2.05, 4.69) is 10.3 Å². The number of thiazole rings is 1. The summed E-state index contributed by atoms with van der Waals surface area (Å²) in [6, 6.07) is -0.0465. The van der Waals surface area contributed by atoms with Crippen LogP contribution in [-0.4, -0.2) is 17.4 Å². The first-order valence-electron chi connectivity index (χ1n) is 4.05. The molecule has 0 aliphatic rings. The molecule has 3 N–H and O–H groups in total. The molecule has 0 aliphatic carbocycles. The van der Waals surface area contributed by atoms with Crippen LogP contribution in [0.15, 0.2) is 6.20 Å². The van der Waals surface area contributed by atoms with Crippen LogP contribution in [0.1, 0.15) is 22.9 Å². The molecule has 0 saturated carbocycles. The molecule has 0 aliphatic heterocycles. The number of aryl methyl sites for hydroxylation is 1. The van der Waals surface area contributed by atoms with Crippen molar-refractivity contribution >= 4 is 17.2 Å². The van der Waals surface area contributed by atoms with Crippen LogP contribution in [0.5, 0.6) is 0 Å². The molecular weight excluding hydrogens is 186 g/mol. The van der Waals surface area contributed by atoms with Gasteiger partial charge in [0.05, 0.1) is 12.6 Å². The van der Waals surface area contributed by atoms with Crippen LogP contribution in [0.3, 0.4) is 0 Å². The Labute approximate surface area is 81.2 Å². The Kier molecular flexibility index (Phi) is 3.39. The number of nitrogens with two attached hydrogens (primary N) is 1. The molecule has 0 fully saturated rings. The van der Waals surface area contributed by atoms with Gasteiger partial charge in [-0.25, -0.2) is 4.98 Å². The number of carbonyl (C=O) groups excluding carboxylic acids is 1. The van der Waals surface area contributed by atoms with E-state index in [0.29, 0.717) is 0 Å². The van der Waals surface area contributed by atoms with Crippen molar-refractivity contribution in [1.82, 2.24) is 10.3 Å². The fraction of sp³-hybridized carbons (Fsp3) is 0.500. The van der Waals surface area contributed by atoms with Crippen molar-refractivity contribution < 1.29 is 4.79 Å². The first-order chi connectivity index (χ1) is 6.13. The highest BCUT2D eigenvalue weighted by Crippen LogP contribution is 2.18. The lowest BCUT2D eigenvalue weighted by Gasteiger charge is -2.09. The van der Waals surface area contributed by atoms with E-state index in [9.17, 15) is 4.79 Å². The first kappa shape index (κ1) is 10.1. The minimum Gasteiger partial charge on any atom is -0.346 e. The first-order valence-corrected chi connectivity index (χ1v) is 4.87. The van der Waals surface area contributed by atoms with E-state index >= 15 is 0 Å². The molecular formula is C8H13N3OS. The van der Waals surface area contributed by atoms with Gasteiger partial charge < -0.3 is 11.1 Å². The van der Waals surface area contributed by atoms with Crippen LogP contribution in [-0.2, 0) is 4.79 Å². The van der Waals surface area contributed by atoms with Crippen molar-refractivity contribution in [1.29, 1.82) is 0 Å². The minimum atomic E-state index is -0.152. The largest absolute Gasteiger partial charge is 0.346 e. The van der Waals surface area contributed by atoms with Crippen molar-refractivity contribution in [3.63, 3.8) is 0 Å². The summed E-state index contributed by atoms with van der Waals surface area (Å²) in [6.45, 7) is 3.90. The molecule has 0 saturated heterocycles. The molecule has 5 heteroatoms. The smallest absolute Gasteiger partial charge is 0.234 e. The quantitative estimate of drug-likeness (QED) is 0.748. The average molecular weight is 199 g/mol. The van der Waals surface area contributed by atoms with Crippen LogP contribution in [0.4, 0.5) is 0 Å². The van der Waals surface area contributed by atoms with Crippen molar-refractivity contribution in [2.24, 2.45) is 5.73 Å². The molecule has 0 spiro atoms. The van der Waals surface area contributed by atoms with E-state index in [1.165, 1.54) is 0 Å². The highest BCUT2D eigenvalue weighted by atomic mass is 32.1. The normalized spacial score (nSPS) is 12.5.